The van der Waals surface area contributed by atoms with Crippen LogP contribution in [0.15, 0.2) is 12.1 Å². The third kappa shape index (κ3) is 6.20. The predicted octanol–water partition coefficient (Wildman–Crippen LogP) is 8.35. The molecule has 0 spiro atoms. The summed E-state index contributed by atoms with van der Waals surface area (Å²) in [6.45, 7) is 4.67. The first-order valence-electron chi connectivity index (χ1n) is 14.3. The Morgan fingerprint density at radius 3 is 2.34 bits per heavy atom. The van der Waals surface area contributed by atoms with Crippen LogP contribution >= 0.6 is 0 Å². The van der Waals surface area contributed by atoms with Gasteiger partial charge >= 0.3 is 5.97 Å². The average molecular weight is 491 g/mol. The van der Waals surface area contributed by atoms with Crippen molar-refractivity contribution < 1.29 is 23.0 Å². The molecule has 3 nitrogen and oxygen atoms in total. The van der Waals surface area contributed by atoms with Crippen molar-refractivity contribution >= 4 is 5.97 Å². The van der Waals surface area contributed by atoms with Crippen LogP contribution in [0.3, 0.4) is 0 Å². The normalized spacial score (nSPS) is 30.3. The monoisotopic (exact) mass is 490 g/mol. The molecular formula is C30H44F2O3. The summed E-state index contributed by atoms with van der Waals surface area (Å²) in [4.78, 5) is 13.1. The Morgan fingerprint density at radius 1 is 0.857 bits per heavy atom. The lowest BCUT2D eigenvalue weighted by molar-refractivity contribution is -0.157. The van der Waals surface area contributed by atoms with Gasteiger partial charge in [-0.15, -0.1) is 0 Å². The van der Waals surface area contributed by atoms with E-state index in [1.165, 1.54) is 44.9 Å². The fraction of sp³-hybridized carbons (Fsp3) is 0.767. The summed E-state index contributed by atoms with van der Waals surface area (Å²) in [6.07, 6.45) is 14.3. The van der Waals surface area contributed by atoms with Crippen molar-refractivity contribution in [2.75, 3.05) is 6.61 Å². The molecule has 0 aromatic heterocycles. The summed E-state index contributed by atoms with van der Waals surface area (Å²) < 4.78 is 40.7. The standard InChI is InChI=1S/C30H44F2O3/c1-3-5-7-8-20-11-14-25-23(20)15-16-26(25)30(33)35-22-12-9-21(10-13-22)24-17-18-27(29(32)28(24)31)34-19-6-4-2/h17-18,20-23,25-26H,3-16,19H2,1-2H3. The highest BCUT2D eigenvalue weighted by Gasteiger charge is 2.48. The molecule has 1 aromatic carbocycles. The molecular weight excluding hydrogens is 446 g/mol. The quantitative estimate of drug-likeness (QED) is 0.231. The summed E-state index contributed by atoms with van der Waals surface area (Å²) >= 11 is 0. The van der Waals surface area contributed by atoms with Crippen LogP contribution in [0, 0.1) is 35.3 Å². The molecule has 35 heavy (non-hydrogen) atoms. The van der Waals surface area contributed by atoms with Crippen LogP contribution in [0.4, 0.5) is 8.78 Å². The van der Waals surface area contributed by atoms with E-state index >= 15 is 0 Å². The summed E-state index contributed by atoms with van der Waals surface area (Å²) in [6, 6.07) is 3.23. The van der Waals surface area contributed by atoms with Crippen LogP contribution in [0.2, 0.25) is 0 Å². The van der Waals surface area contributed by atoms with E-state index in [-0.39, 0.29) is 29.7 Å². The number of unbranched alkanes of at least 4 members (excludes halogenated alkanes) is 3. The maximum absolute atomic E-state index is 14.8. The van der Waals surface area contributed by atoms with Gasteiger partial charge in [-0.25, -0.2) is 4.39 Å². The highest BCUT2D eigenvalue weighted by atomic mass is 19.2. The van der Waals surface area contributed by atoms with Crippen molar-refractivity contribution in [1.82, 2.24) is 0 Å². The molecule has 4 unspecified atom stereocenters. The molecule has 5 heteroatoms. The number of benzene rings is 1. The third-order valence-corrected chi connectivity index (χ3v) is 9.06. The molecule has 0 aliphatic heterocycles. The van der Waals surface area contributed by atoms with E-state index < -0.39 is 11.6 Å². The number of esters is 1. The number of rotatable bonds is 11. The molecule has 0 amide bonds. The average Bonchev–Trinajstić information content (AvgIpc) is 3.46. The van der Waals surface area contributed by atoms with Gasteiger partial charge in [0.05, 0.1) is 12.5 Å². The molecule has 3 aliphatic rings. The Labute approximate surface area is 210 Å². The van der Waals surface area contributed by atoms with Gasteiger partial charge in [0.25, 0.3) is 0 Å². The third-order valence-electron chi connectivity index (χ3n) is 9.06. The predicted molar refractivity (Wildman–Crippen MR) is 134 cm³/mol. The van der Waals surface area contributed by atoms with E-state index in [2.05, 4.69) is 6.92 Å². The van der Waals surface area contributed by atoms with Crippen LogP contribution in [0.25, 0.3) is 0 Å². The second kappa shape index (κ2) is 12.5. The van der Waals surface area contributed by atoms with Gasteiger partial charge in [0.15, 0.2) is 11.6 Å². The minimum Gasteiger partial charge on any atom is -0.490 e. The molecule has 0 N–H and O–H groups in total. The van der Waals surface area contributed by atoms with Crippen LogP contribution in [0.1, 0.15) is 115 Å². The van der Waals surface area contributed by atoms with E-state index in [9.17, 15) is 13.6 Å². The molecule has 3 aliphatic carbocycles. The Bertz CT molecular complexity index is 833. The van der Waals surface area contributed by atoms with Gasteiger partial charge in [0, 0.05) is 0 Å². The number of hydrogen-bond acceptors (Lipinski definition) is 3. The van der Waals surface area contributed by atoms with Gasteiger partial charge in [0.2, 0.25) is 5.82 Å². The number of fused-ring (bicyclic) bond motifs is 1. The van der Waals surface area contributed by atoms with Gasteiger partial charge in [-0.1, -0.05) is 52.0 Å². The zero-order valence-corrected chi connectivity index (χ0v) is 21.7. The lowest BCUT2D eigenvalue weighted by Gasteiger charge is -2.30. The van der Waals surface area contributed by atoms with E-state index in [4.69, 9.17) is 9.47 Å². The lowest BCUT2D eigenvalue weighted by atomic mass is 9.82. The molecule has 0 bridgehead atoms. The molecule has 0 heterocycles. The zero-order chi connectivity index (χ0) is 24.8. The summed E-state index contributed by atoms with van der Waals surface area (Å²) in [5.41, 5.74) is 0.425. The number of hydrogen-bond donors (Lipinski definition) is 0. The largest absolute Gasteiger partial charge is 0.490 e. The van der Waals surface area contributed by atoms with Gasteiger partial charge in [0.1, 0.15) is 6.10 Å². The number of carbonyl (C=O) groups is 1. The Kier molecular flexibility index (Phi) is 9.46. The molecule has 1 aromatic rings. The van der Waals surface area contributed by atoms with Crippen molar-refractivity contribution in [2.24, 2.45) is 23.7 Å². The molecule has 0 saturated heterocycles. The maximum atomic E-state index is 14.8. The Hall–Kier alpha value is -1.65. The van der Waals surface area contributed by atoms with Gasteiger partial charge < -0.3 is 9.47 Å². The van der Waals surface area contributed by atoms with Gasteiger partial charge in [-0.3, -0.25) is 4.79 Å². The van der Waals surface area contributed by atoms with Crippen molar-refractivity contribution in [3.05, 3.63) is 29.3 Å². The minimum atomic E-state index is -0.882. The van der Waals surface area contributed by atoms with Crippen LogP contribution in [-0.4, -0.2) is 18.7 Å². The maximum Gasteiger partial charge on any atom is 0.309 e. The first-order valence-corrected chi connectivity index (χ1v) is 14.3. The van der Waals surface area contributed by atoms with E-state index in [1.54, 1.807) is 12.1 Å². The highest BCUT2D eigenvalue weighted by molar-refractivity contribution is 5.73. The van der Waals surface area contributed by atoms with Gasteiger partial charge in [-0.05, 0) is 93.1 Å². The topological polar surface area (TPSA) is 35.5 Å². The van der Waals surface area contributed by atoms with Crippen molar-refractivity contribution in [2.45, 2.75) is 116 Å². The van der Waals surface area contributed by atoms with Crippen molar-refractivity contribution in [3.8, 4) is 5.75 Å². The van der Waals surface area contributed by atoms with Gasteiger partial charge in [-0.2, -0.15) is 4.39 Å². The van der Waals surface area contributed by atoms with Crippen LogP contribution in [-0.2, 0) is 9.53 Å². The molecule has 4 atom stereocenters. The second-order valence-electron chi connectivity index (χ2n) is 11.2. The van der Waals surface area contributed by atoms with Crippen molar-refractivity contribution in [3.63, 3.8) is 0 Å². The number of ether oxygens (including phenoxy) is 2. The van der Waals surface area contributed by atoms with E-state index in [0.717, 1.165) is 25.2 Å². The fourth-order valence-electron chi connectivity index (χ4n) is 7.07. The second-order valence-corrected chi connectivity index (χ2v) is 11.2. The summed E-state index contributed by atoms with van der Waals surface area (Å²) in [5.74, 6) is 0.391. The summed E-state index contributed by atoms with van der Waals surface area (Å²) in [7, 11) is 0. The lowest BCUT2D eigenvalue weighted by Crippen LogP contribution is -2.29. The summed E-state index contributed by atoms with van der Waals surface area (Å²) in [5, 5.41) is 0. The van der Waals surface area contributed by atoms with E-state index in [1.807, 2.05) is 6.92 Å². The molecule has 4 rings (SSSR count). The van der Waals surface area contributed by atoms with Crippen LogP contribution in [0.5, 0.6) is 5.75 Å². The molecule has 196 valence electrons. The zero-order valence-electron chi connectivity index (χ0n) is 21.7. The molecule has 3 fully saturated rings. The molecule has 3 saturated carbocycles. The molecule has 0 radical (unpaired) electrons. The Balaban J connectivity index is 1.25. The minimum absolute atomic E-state index is 0.000893. The fourth-order valence-corrected chi connectivity index (χ4v) is 7.07. The Morgan fingerprint density at radius 2 is 1.60 bits per heavy atom. The van der Waals surface area contributed by atoms with E-state index in [0.29, 0.717) is 49.7 Å². The number of halogens is 2. The number of carbonyl (C=O) groups excluding carboxylic acids is 1. The first-order chi connectivity index (χ1) is 17.0. The van der Waals surface area contributed by atoms with Crippen molar-refractivity contribution in [1.29, 1.82) is 0 Å². The SMILES string of the molecule is CCCCCC1CCC2C(C(=O)OC3CCC(c4ccc(OCCCC)c(F)c4F)CC3)CCC12. The smallest absolute Gasteiger partial charge is 0.309 e. The highest BCUT2D eigenvalue weighted by Crippen LogP contribution is 2.52. The van der Waals surface area contributed by atoms with Crippen LogP contribution < -0.4 is 4.74 Å². The first kappa shape index (κ1) is 26.4.